The lowest BCUT2D eigenvalue weighted by Crippen LogP contribution is -2.54. The number of nitrogens with zero attached hydrogens (tertiary/aromatic N) is 1. The summed E-state index contributed by atoms with van der Waals surface area (Å²) in [5, 5.41) is 9.90. The average molecular weight is 321 g/mol. The third-order valence-electron chi connectivity index (χ3n) is 3.99. The van der Waals surface area contributed by atoms with Crippen LogP contribution in [-0.2, 0) is 16.1 Å². The van der Waals surface area contributed by atoms with Crippen LogP contribution in [0.3, 0.4) is 0 Å². The maximum atomic E-state index is 12.4. The number of likely N-dealkylation sites (tertiary alicyclic amines) is 1. The van der Waals surface area contributed by atoms with E-state index in [0.29, 0.717) is 19.8 Å². The minimum Gasteiger partial charge on any atom is -0.444 e. The van der Waals surface area contributed by atoms with Crippen LogP contribution >= 0.6 is 0 Å². The van der Waals surface area contributed by atoms with E-state index in [9.17, 15) is 9.90 Å². The van der Waals surface area contributed by atoms with Crippen LogP contribution in [0.5, 0.6) is 0 Å². The van der Waals surface area contributed by atoms with E-state index in [4.69, 9.17) is 9.47 Å². The Morgan fingerprint density at radius 1 is 1.30 bits per heavy atom. The Morgan fingerprint density at radius 3 is 2.61 bits per heavy atom. The maximum absolute atomic E-state index is 12.4. The predicted molar refractivity (Wildman–Crippen MR) is 88.1 cm³/mol. The fourth-order valence-electron chi connectivity index (χ4n) is 2.83. The first-order chi connectivity index (χ1) is 10.9. The highest BCUT2D eigenvalue weighted by molar-refractivity contribution is 5.69. The first kappa shape index (κ1) is 17.8. The Balaban J connectivity index is 1.98. The lowest BCUT2D eigenvalue weighted by Gasteiger charge is -2.37. The molecule has 1 fully saturated rings. The molecular formula is C18H27NO4. The molecule has 1 aliphatic heterocycles. The van der Waals surface area contributed by atoms with Crippen LogP contribution in [0.15, 0.2) is 30.3 Å². The van der Waals surface area contributed by atoms with Crippen molar-refractivity contribution in [3.05, 3.63) is 35.9 Å². The predicted octanol–water partition coefficient (Wildman–Crippen LogP) is 2.97. The van der Waals surface area contributed by atoms with Crippen molar-refractivity contribution in [2.24, 2.45) is 0 Å². The smallest absolute Gasteiger partial charge is 0.410 e. The summed E-state index contributed by atoms with van der Waals surface area (Å²) in [5.41, 5.74) is -0.162. The van der Waals surface area contributed by atoms with Crippen molar-refractivity contribution in [1.82, 2.24) is 4.90 Å². The molecule has 1 saturated heterocycles. The van der Waals surface area contributed by atoms with Gasteiger partial charge >= 0.3 is 6.09 Å². The molecule has 128 valence electrons. The normalized spacial score (nSPS) is 21.5. The molecule has 0 aromatic heterocycles. The van der Waals surface area contributed by atoms with Gasteiger partial charge in [0.2, 0.25) is 0 Å². The molecule has 0 spiro atoms. The van der Waals surface area contributed by atoms with Crippen LogP contribution in [0, 0.1) is 0 Å². The molecule has 0 unspecified atom stereocenters. The van der Waals surface area contributed by atoms with E-state index in [1.54, 1.807) is 4.90 Å². The Morgan fingerprint density at radius 2 is 2.00 bits per heavy atom. The number of carbonyl (C=O) groups excluding carboxylic acids is 1. The van der Waals surface area contributed by atoms with Crippen molar-refractivity contribution in [2.45, 2.75) is 51.4 Å². The molecule has 23 heavy (non-hydrogen) atoms. The first-order valence-corrected chi connectivity index (χ1v) is 8.09. The van der Waals surface area contributed by atoms with Crippen LogP contribution in [-0.4, -0.2) is 47.0 Å². The molecule has 0 aliphatic carbocycles. The first-order valence-electron chi connectivity index (χ1n) is 8.09. The fourth-order valence-corrected chi connectivity index (χ4v) is 2.83. The zero-order valence-corrected chi connectivity index (χ0v) is 14.2. The zero-order chi connectivity index (χ0) is 16.9. The van der Waals surface area contributed by atoms with Gasteiger partial charge in [0.25, 0.3) is 0 Å². The number of ether oxygens (including phenoxy) is 2. The minimum atomic E-state index is -0.683. The summed E-state index contributed by atoms with van der Waals surface area (Å²) in [7, 11) is 0. The van der Waals surface area contributed by atoms with E-state index in [0.717, 1.165) is 18.4 Å². The second-order valence-electron chi connectivity index (χ2n) is 7.10. The van der Waals surface area contributed by atoms with Gasteiger partial charge in [0.05, 0.1) is 25.4 Å². The van der Waals surface area contributed by atoms with Crippen LogP contribution in [0.4, 0.5) is 4.79 Å². The minimum absolute atomic E-state index is 0.124. The lowest BCUT2D eigenvalue weighted by molar-refractivity contribution is -0.0406. The number of benzene rings is 1. The quantitative estimate of drug-likeness (QED) is 0.906. The van der Waals surface area contributed by atoms with Crippen molar-refractivity contribution in [2.75, 3.05) is 19.8 Å². The molecule has 1 N–H and O–H groups in total. The van der Waals surface area contributed by atoms with Gasteiger partial charge in [-0.1, -0.05) is 30.3 Å². The Kier molecular flexibility index (Phi) is 5.65. The molecule has 1 aromatic carbocycles. The maximum Gasteiger partial charge on any atom is 0.410 e. The second kappa shape index (κ2) is 7.32. The molecule has 5 heteroatoms. The molecular weight excluding hydrogens is 294 g/mol. The number of hydrogen-bond donors (Lipinski definition) is 1. The van der Waals surface area contributed by atoms with Crippen molar-refractivity contribution in [3.8, 4) is 0 Å². The molecule has 1 amide bonds. The van der Waals surface area contributed by atoms with Gasteiger partial charge in [-0.3, -0.25) is 4.90 Å². The van der Waals surface area contributed by atoms with Crippen LogP contribution in [0.2, 0.25) is 0 Å². The number of aliphatic hydroxyl groups excluding tert-OH is 1. The third kappa shape index (κ3) is 4.69. The van der Waals surface area contributed by atoms with Crippen molar-refractivity contribution < 1.29 is 19.4 Å². The van der Waals surface area contributed by atoms with Gasteiger partial charge in [0.15, 0.2) is 0 Å². The molecule has 1 atom stereocenters. The van der Waals surface area contributed by atoms with E-state index in [1.165, 1.54) is 0 Å². The number of carbonyl (C=O) groups is 1. The molecule has 1 heterocycles. The summed E-state index contributed by atoms with van der Waals surface area (Å²) < 4.78 is 11.3. The Hall–Kier alpha value is -1.59. The summed E-state index contributed by atoms with van der Waals surface area (Å²) in [6.07, 6.45) is 1.18. The lowest BCUT2D eigenvalue weighted by atomic mass is 9.99. The van der Waals surface area contributed by atoms with E-state index in [1.807, 2.05) is 51.1 Å². The van der Waals surface area contributed by atoms with E-state index >= 15 is 0 Å². The summed E-state index contributed by atoms with van der Waals surface area (Å²) in [4.78, 5) is 14.0. The average Bonchev–Trinajstić information content (AvgIpc) is 2.91. The van der Waals surface area contributed by atoms with Crippen LogP contribution in [0.25, 0.3) is 0 Å². The number of hydrogen-bond acceptors (Lipinski definition) is 4. The zero-order valence-electron chi connectivity index (χ0n) is 14.2. The summed E-state index contributed by atoms with van der Waals surface area (Å²) >= 11 is 0. The number of amides is 1. The van der Waals surface area contributed by atoms with E-state index in [2.05, 4.69) is 0 Å². The highest BCUT2D eigenvalue weighted by Gasteiger charge is 2.45. The van der Waals surface area contributed by atoms with Gasteiger partial charge in [-0.2, -0.15) is 0 Å². The second-order valence-corrected chi connectivity index (χ2v) is 7.10. The molecule has 5 nitrogen and oxygen atoms in total. The summed E-state index contributed by atoms with van der Waals surface area (Å²) in [6, 6.07) is 9.86. The molecule has 1 aromatic rings. The van der Waals surface area contributed by atoms with E-state index in [-0.39, 0.29) is 12.7 Å². The Labute approximate surface area is 138 Å². The van der Waals surface area contributed by atoms with Gasteiger partial charge in [0.1, 0.15) is 5.60 Å². The fraction of sp³-hybridized carbons (Fsp3) is 0.611. The number of rotatable bonds is 5. The Bertz CT molecular complexity index is 512. The monoisotopic (exact) mass is 321 g/mol. The summed E-state index contributed by atoms with van der Waals surface area (Å²) in [6.45, 7) is 6.75. The number of aliphatic hydroxyl groups is 1. The topological polar surface area (TPSA) is 59.0 Å². The highest BCUT2D eigenvalue weighted by atomic mass is 16.6. The van der Waals surface area contributed by atoms with Gasteiger partial charge < -0.3 is 14.6 Å². The standard InChI is InChI=1S/C18H27NO4/c1-17(2,3)23-16(21)19-11-7-10-18(19,13-20)14-22-12-15-8-5-4-6-9-15/h4-6,8-9,20H,7,10-14H2,1-3H3/t18-/m0/s1. The molecule has 0 bridgehead atoms. The van der Waals surface area contributed by atoms with E-state index < -0.39 is 11.1 Å². The van der Waals surface area contributed by atoms with Gasteiger partial charge in [-0.05, 0) is 39.2 Å². The molecule has 0 saturated carbocycles. The largest absolute Gasteiger partial charge is 0.444 e. The molecule has 2 rings (SSSR count). The van der Waals surface area contributed by atoms with Crippen molar-refractivity contribution in [1.29, 1.82) is 0 Å². The SMILES string of the molecule is CC(C)(C)OC(=O)N1CCC[C@]1(CO)COCc1ccccc1. The van der Waals surface area contributed by atoms with Gasteiger partial charge in [0, 0.05) is 6.54 Å². The van der Waals surface area contributed by atoms with Crippen LogP contribution < -0.4 is 0 Å². The van der Waals surface area contributed by atoms with Crippen molar-refractivity contribution >= 4 is 6.09 Å². The summed E-state index contributed by atoms with van der Waals surface area (Å²) in [5.74, 6) is 0. The van der Waals surface area contributed by atoms with Gasteiger partial charge in [-0.25, -0.2) is 4.79 Å². The van der Waals surface area contributed by atoms with Gasteiger partial charge in [-0.15, -0.1) is 0 Å². The molecule has 1 aliphatic rings. The third-order valence-corrected chi connectivity index (χ3v) is 3.99. The van der Waals surface area contributed by atoms with Crippen molar-refractivity contribution in [3.63, 3.8) is 0 Å². The highest BCUT2D eigenvalue weighted by Crippen LogP contribution is 2.31. The van der Waals surface area contributed by atoms with Crippen LogP contribution in [0.1, 0.15) is 39.2 Å². The molecule has 0 radical (unpaired) electrons.